The number of sulfonamides is 1. The van der Waals surface area contributed by atoms with Gasteiger partial charge in [-0.3, -0.25) is 4.98 Å². The zero-order valence-corrected chi connectivity index (χ0v) is 13.4. The molecule has 1 aromatic rings. The average Bonchev–Trinajstić information content (AvgIpc) is 3.30. The molecule has 0 saturated heterocycles. The molecule has 0 bridgehead atoms. The molecule has 3 rings (SSSR count). The maximum Gasteiger partial charge on any atom is 0.214 e. The van der Waals surface area contributed by atoms with Crippen molar-refractivity contribution in [1.29, 1.82) is 0 Å². The second-order valence-corrected chi connectivity index (χ2v) is 8.54. The van der Waals surface area contributed by atoms with Crippen molar-refractivity contribution in [3.8, 4) is 0 Å². The number of rotatable bonds is 7. The average molecular weight is 309 g/mol. The molecular weight excluding hydrogens is 286 g/mol. The van der Waals surface area contributed by atoms with Crippen LogP contribution in [0.15, 0.2) is 18.3 Å². The molecule has 5 nitrogen and oxygen atoms in total. The van der Waals surface area contributed by atoms with Gasteiger partial charge in [-0.2, -0.15) is 0 Å². The highest BCUT2D eigenvalue weighted by atomic mass is 32.2. The lowest BCUT2D eigenvalue weighted by Crippen LogP contribution is -2.35. The lowest BCUT2D eigenvalue weighted by atomic mass is 10.1. The van der Waals surface area contributed by atoms with Gasteiger partial charge < -0.3 is 5.32 Å². The van der Waals surface area contributed by atoms with Crippen molar-refractivity contribution in [3.63, 3.8) is 0 Å². The van der Waals surface area contributed by atoms with Gasteiger partial charge in [0.05, 0.1) is 16.5 Å². The normalized spacial score (nSPS) is 20.7. The van der Waals surface area contributed by atoms with Crippen molar-refractivity contribution in [2.75, 3.05) is 0 Å². The highest BCUT2D eigenvalue weighted by Gasteiger charge is 2.45. The first-order valence-electron chi connectivity index (χ1n) is 7.63. The maximum atomic E-state index is 11.8. The van der Waals surface area contributed by atoms with Crippen molar-refractivity contribution in [2.45, 2.75) is 62.9 Å². The zero-order valence-electron chi connectivity index (χ0n) is 12.6. The predicted molar refractivity (Wildman–Crippen MR) is 82.2 cm³/mol. The summed E-state index contributed by atoms with van der Waals surface area (Å²) >= 11 is 0. The van der Waals surface area contributed by atoms with Gasteiger partial charge in [-0.15, -0.1) is 0 Å². The SMILES string of the molecule is CC(C)NC1(c2ccc(CNS(=O)(=O)C3CC3)cn2)CC1. The molecule has 0 atom stereocenters. The number of aromatic nitrogens is 1. The summed E-state index contributed by atoms with van der Waals surface area (Å²) < 4.78 is 26.2. The second-order valence-electron chi connectivity index (χ2n) is 6.50. The summed E-state index contributed by atoms with van der Waals surface area (Å²) in [5.41, 5.74) is 2.01. The molecule has 2 aliphatic rings. The van der Waals surface area contributed by atoms with Crippen LogP contribution in [0.3, 0.4) is 0 Å². The van der Waals surface area contributed by atoms with Gasteiger partial charge in [0.25, 0.3) is 0 Å². The van der Waals surface area contributed by atoms with E-state index in [1.54, 1.807) is 6.20 Å². The minimum Gasteiger partial charge on any atom is -0.304 e. The molecule has 2 aliphatic carbocycles. The van der Waals surface area contributed by atoms with Crippen LogP contribution in [-0.4, -0.2) is 24.7 Å². The van der Waals surface area contributed by atoms with Crippen LogP contribution in [0.2, 0.25) is 0 Å². The van der Waals surface area contributed by atoms with E-state index in [4.69, 9.17) is 0 Å². The van der Waals surface area contributed by atoms with Gasteiger partial charge in [-0.1, -0.05) is 6.07 Å². The van der Waals surface area contributed by atoms with E-state index in [2.05, 4.69) is 28.9 Å². The quantitative estimate of drug-likeness (QED) is 0.803. The molecule has 116 valence electrons. The fourth-order valence-electron chi connectivity index (χ4n) is 2.64. The first-order chi connectivity index (χ1) is 9.91. The number of nitrogens with one attached hydrogen (secondary N) is 2. The zero-order chi connectivity index (χ0) is 15.1. The summed E-state index contributed by atoms with van der Waals surface area (Å²) in [4.78, 5) is 4.53. The predicted octanol–water partition coefficient (Wildman–Crippen LogP) is 1.65. The van der Waals surface area contributed by atoms with Crippen molar-refractivity contribution in [2.24, 2.45) is 0 Å². The highest BCUT2D eigenvalue weighted by Crippen LogP contribution is 2.44. The second kappa shape index (κ2) is 5.34. The molecule has 0 amide bonds. The van der Waals surface area contributed by atoms with E-state index in [-0.39, 0.29) is 10.8 Å². The molecule has 0 spiro atoms. The standard InChI is InChI=1S/C15H23N3O2S/c1-11(2)18-15(7-8-15)14-6-3-12(9-16-14)10-17-21(19,20)13-4-5-13/h3,6,9,11,13,17-18H,4-5,7-8,10H2,1-2H3. The van der Waals surface area contributed by atoms with Gasteiger partial charge in [0, 0.05) is 18.8 Å². The Balaban J connectivity index is 1.62. The van der Waals surface area contributed by atoms with Crippen LogP contribution in [-0.2, 0) is 22.1 Å². The van der Waals surface area contributed by atoms with Crippen molar-refractivity contribution in [1.82, 2.24) is 15.0 Å². The van der Waals surface area contributed by atoms with Crippen LogP contribution in [0.25, 0.3) is 0 Å². The molecule has 2 saturated carbocycles. The van der Waals surface area contributed by atoms with E-state index in [1.165, 1.54) is 0 Å². The fraction of sp³-hybridized carbons (Fsp3) is 0.667. The Bertz CT molecular complexity index is 602. The van der Waals surface area contributed by atoms with Crippen LogP contribution in [0.4, 0.5) is 0 Å². The smallest absolute Gasteiger partial charge is 0.214 e. The first kappa shape index (κ1) is 14.9. The monoisotopic (exact) mass is 309 g/mol. The molecule has 0 unspecified atom stereocenters. The van der Waals surface area contributed by atoms with E-state index in [0.717, 1.165) is 36.9 Å². The molecule has 0 aromatic carbocycles. The van der Waals surface area contributed by atoms with Crippen LogP contribution in [0, 0.1) is 0 Å². The maximum absolute atomic E-state index is 11.8. The van der Waals surface area contributed by atoms with Gasteiger partial charge in [0.15, 0.2) is 0 Å². The summed E-state index contributed by atoms with van der Waals surface area (Å²) in [6, 6.07) is 4.42. The Morgan fingerprint density at radius 3 is 2.52 bits per heavy atom. The van der Waals surface area contributed by atoms with Gasteiger partial charge in [0.2, 0.25) is 10.0 Å². The summed E-state index contributed by atoms with van der Waals surface area (Å²) in [5.74, 6) is 0. The van der Waals surface area contributed by atoms with Crippen molar-refractivity contribution < 1.29 is 8.42 Å². The number of pyridine rings is 1. The Kier molecular flexibility index (Phi) is 3.80. The third-order valence-corrected chi connectivity index (χ3v) is 5.97. The minimum atomic E-state index is -3.12. The molecule has 2 N–H and O–H groups in total. The Hall–Kier alpha value is -0.980. The van der Waals surface area contributed by atoms with Gasteiger partial charge >= 0.3 is 0 Å². The summed E-state index contributed by atoms with van der Waals surface area (Å²) in [7, 11) is -3.12. The summed E-state index contributed by atoms with van der Waals surface area (Å²) in [6.45, 7) is 4.61. The van der Waals surface area contributed by atoms with Crippen LogP contribution >= 0.6 is 0 Å². The molecule has 2 fully saturated rings. The Morgan fingerprint density at radius 1 is 1.33 bits per heavy atom. The van der Waals surface area contributed by atoms with Crippen LogP contribution < -0.4 is 10.0 Å². The number of nitrogens with zero attached hydrogens (tertiary/aromatic N) is 1. The molecule has 1 aromatic heterocycles. The number of hydrogen-bond donors (Lipinski definition) is 2. The van der Waals surface area contributed by atoms with E-state index in [1.807, 2.05) is 12.1 Å². The Labute approximate surface area is 126 Å². The molecule has 0 radical (unpaired) electrons. The molecule has 6 heteroatoms. The largest absolute Gasteiger partial charge is 0.304 e. The van der Waals surface area contributed by atoms with Crippen LogP contribution in [0.1, 0.15) is 50.8 Å². The van der Waals surface area contributed by atoms with Gasteiger partial charge in [0.1, 0.15) is 0 Å². The molecular formula is C15H23N3O2S. The van der Waals surface area contributed by atoms with Gasteiger partial charge in [-0.25, -0.2) is 13.1 Å². The molecule has 1 heterocycles. The lowest BCUT2D eigenvalue weighted by Gasteiger charge is -2.20. The molecule has 21 heavy (non-hydrogen) atoms. The van der Waals surface area contributed by atoms with E-state index in [0.29, 0.717) is 12.6 Å². The van der Waals surface area contributed by atoms with Crippen molar-refractivity contribution in [3.05, 3.63) is 29.6 Å². The van der Waals surface area contributed by atoms with Gasteiger partial charge in [-0.05, 0) is 51.2 Å². The topological polar surface area (TPSA) is 71.1 Å². The van der Waals surface area contributed by atoms with Crippen LogP contribution in [0.5, 0.6) is 0 Å². The number of hydrogen-bond acceptors (Lipinski definition) is 4. The first-order valence-corrected chi connectivity index (χ1v) is 9.17. The highest BCUT2D eigenvalue weighted by molar-refractivity contribution is 7.90. The third-order valence-electron chi connectivity index (χ3n) is 4.07. The minimum absolute atomic E-state index is 0.0419. The lowest BCUT2D eigenvalue weighted by molar-refractivity contribution is 0.452. The van der Waals surface area contributed by atoms with E-state index in [9.17, 15) is 8.42 Å². The van der Waals surface area contributed by atoms with E-state index >= 15 is 0 Å². The van der Waals surface area contributed by atoms with Crippen molar-refractivity contribution >= 4 is 10.0 Å². The van der Waals surface area contributed by atoms with E-state index < -0.39 is 10.0 Å². The molecule has 0 aliphatic heterocycles. The third kappa shape index (κ3) is 3.44. The summed E-state index contributed by atoms with van der Waals surface area (Å²) in [5, 5.41) is 3.40. The summed E-state index contributed by atoms with van der Waals surface area (Å²) in [6.07, 6.45) is 5.59. The Morgan fingerprint density at radius 2 is 2.05 bits per heavy atom. The fourth-order valence-corrected chi connectivity index (χ4v) is 4.00.